The van der Waals surface area contributed by atoms with Crippen LogP contribution in [0.2, 0.25) is 0 Å². The van der Waals surface area contributed by atoms with Crippen LogP contribution >= 0.6 is 0 Å². The van der Waals surface area contributed by atoms with Gasteiger partial charge in [0.15, 0.2) is 0 Å². The molecule has 126 valence electrons. The molecule has 1 heterocycles. The van der Waals surface area contributed by atoms with E-state index in [2.05, 4.69) is 10.3 Å². The van der Waals surface area contributed by atoms with Gasteiger partial charge < -0.3 is 15.0 Å². The Bertz CT molecular complexity index is 833. The summed E-state index contributed by atoms with van der Waals surface area (Å²) in [6, 6.07) is 7.72. The second kappa shape index (κ2) is 6.07. The number of anilines is 1. The standard InChI is InChI=1S/C17H16F2N2O3/c1-10-2-3-13(14(6-10)24-9-11-8-17(11,18)19)16(23)21-12-4-5-20-15(22)7-12/h2-7,11H,8-9H2,1H3,(H2,20,21,22,23). The highest BCUT2D eigenvalue weighted by molar-refractivity contribution is 6.06. The first kappa shape index (κ1) is 16.2. The smallest absolute Gasteiger partial charge is 0.259 e. The van der Waals surface area contributed by atoms with E-state index in [1.54, 1.807) is 24.3 Å². The summed E-state index contributed by atoms with van der Waals surface area (Å²) in [4.78, 5) is 26.1. The monoisotopic (exact) mass is 334 g/mol. The Labute approximate surface area is 136 Å². The minimum atomic E-state index is -2.67. The normalized spacial score (nSPS) is 18.0. The number of aromatic nitrogens is 1. The molecule has 1 aromatic carbocycles. The van der Waals surface area contributed by atoms with Crippen LogP contribution in [-0.4, -0.2) is 23.4 Å². The molecule has 1 atom stereocenters. The topological polar surface area (TPSA) is 71.2 Å². The van der Waals surface area contributed by atoms with Crippen LogP contribution < -0.4 is 15.6 Å². The molecule has 0 saturated heterocycles. The van der Waals surface area contributed by atoms with Crippen molar-refractivity contribution in [3.05, 3.63) is 58.0 Å². The summed E-state index contributed by atoms with van der Waals surface area (Å²) in [6.07, 6.45) is 1.23. The maximum absolute atomic E-state index is 13.0. The van der Waals surface area contributed by atoms with Crippen molar-refractivity contribution in [2.75, 3.05) is 11.9 Å². The number of carbonyl (C=O) groups excluding carboxylic acids is 1. The van der Waals surface area contributed by atoms with Gasteiger partial charge in [0.1, 0.15) is 5.75 Å². The second-order valence-electron chi connectivity index (χ2n) is 5.87. The number of benzene rings is 1. The fourth-order valence-electron chi connectivity index (χ4n) is 2.30. The van der Waals surface area contributed by atoms with E-state index in [1.165, 1.54) is 12.3 Å². The number of nitrogens with one attached hydrogen (secondary N) is 2. The van der Waals surface area contributed by atoms with Crippen molar-refractivity contribution in [3.8, 4) is 5.75 Å². The number of carbonyl (C=O) groups is 1. The van der Waals surface area contributed by atoms with E-state index in [-0.39, 0.29) is 29.9 Å². The Morgan fingerprint density at radius 1 is 1.38 bits per heavy atom. The third-order valence-corrected chi connectivity index (χ3v) is 3.81. The molecule has 5 nitrogen and oxygen atoms in total. The van der Waals surface area contributed by atoms with Crippen molar-refractivity contribution < 1.29 is 18.3 Å². The van der Waals surface area contributed by atoms with E-state index in [0.29, 0.717) is 5.69 Å². The van der Waals surface area contributed by atoms with Crippen molar-refractivity contribution in [2.24, 2.45) is 5.92 Å². The molecule has 0 aliphatic heterocycles. The van der Waals surface area contributed by atoms with Crippen LogP contribution in [0.5, 0.6) is 5.75 Å². The van der Waals surface area contributed by atoms with Crippen LogP contribution in [0.3, 0.4) is 0 Å². The van der Waals surface area contributed by atoms with Gasteiger partial charge in [-0.05, 0) is 30.7 Å². The van der Waals surface area contributed by atoms with Gasteiger partial charge in [-0.2, -0.15) is 0 Å². The lowest BCUT2D eigenvalue weighted by Crippen LogP contribution is -2.16. The van der Waals surface area contributed by atoms with Crippen LogP contribution in [0, 0.1) is 12.8 Å². The molecule has 1 saturated carbocycles. The lowest BCUT2D eigenvalue weighted by molar-refractivity contribution is 0.0853. The van der Waals surface area contributed by atoms with E-state index in [1.807, 2.05) is 6.92 Å². The van der Waals surface area contributed by atoms with Gasteiger partial charge in [0, 0.05) is 24.4 Å². The molecule has 0 spiro atoms. The zero-order chi connectivity index (χ0) is 17.3. The van der Waals surface area contributed by atoms with Gasteiger partial charge in [-0.25, -0.2) is 8.78 Å². The number of aryl methyl sites for hydroxylation is 1. The highest BCUT2D eigenvalue weighted by Gasteiger charge is 2.57. The van der Waals surface area contributed by atoms with Crippen molar-refractivity contribution in [2.45, 2.75) is 19.3 Å². The van der Waals surface area contributed by atoms with Gasteiger partial charge in [-0.3, -0.25) is 9.59 Å². The highest BCUT2D eigenvalue weighted by atomic mass is 19.3. The SMILES string of the molecule is Cc1ccc(C(=O)Nc2cc[nH]c(=O)c2)c(OCC2CC2(F)F)c1. The number of alkyl halides is 2. The number of aromatic amines is 1. The van der Waals surface area contributed by atoms with Crippen molar-refractivity contribution >= 4 is 11.6 Å². The van der Waals surface area contributed by atoms with Gasteiger partial charge in [0.05, 0.1) is 18.1 Å². The summed E-state index contributed by atoms with van der Waals surface area (Å²) >= 11 is 0. The Morgan fingerprint density at radius 2 is 2.12 bits per heavy atom. The molecule has 1 fully saturated rings. The van der Waals surface area contributed by atoms with Crippen molar-refractivity contribution in [3.63, 3.8) is 0 Å². The average Bonchev–Trinajstić information content (AvgIpc) is 3.12. The van der Waals surface area contributed by atoms with E-state index >= 15 is 0 Å². The number of hydrogen-bond donors (Lipinski definition) is 2. The number of hydrogen-bond acceptors (Lipinski definition) is 3. The molecule has 24 heavy (non-hydrogen) atoms. The summed E-state index contributed by atoms with van der Waals surface area (Å²) in [5, 5.41) is 2.59. The number of halogens is 2. The first-order valence-electron chi connectivity index (χ1n) is 7.46. The van der Waals surface area contributed by atoms with Crippen LogP contribution in [0.1, 0.15) is 22.3 Å². The predicted molar refractivity (Wildman–Crippen MR) is 84.7 cm³/mol. The van der Waals surface area contributed by atoms with Crippen LogP contribution in [0.4, 0.5) is 14.5 Å². The third kappa shape index (κ3) is 3.61. The molecule has 0 radical (unpaired) electrons. The van der Waals surface area contributed by atoms with Crippen molar-refractivity contribution in [1.82, 2.24) is 4.98 Å². The third-order valence-electron chi connectivity index (χ3n) is 3.81. The largest absolute Gasteiger partial charge is 0.492 e. The molecule has 2 aromatic rings. The Morgan fingerprint density at radius 3 is 2.79 bits per heavy atom. The predicted octanol–water partition coefficient (Wildman–Crippen LogP) is 2.97. The fraction of sp³-hybridized carbons (Fsp3) is 0.294. The highest BCUT2D eigenvalue weighted by Crippen LogP contribution is 2.48. The molecule has 2 N–H and O–H groups in total. The molecule has 7 heteroatoms. The lowest BCUT2D eigenvalue weighted by atomic mass is 10.1. The Hall–Kier alpha value is -2.70. The molecule has 1 unspecified atom stereocenters. The minimum absolute atomic E-state index is 0.137. The van der Waals surface area contributed by atoms with E-state index in [4.69, 9.17) is 4.74 Å². The van der Waals surface area contributed by atoms with Gasteiger partial charge >= 0.3 is 0 Å². The molecular formula is C17H16F2N2O3. The number of H-pyrrole nitrogens is 1. The van der Waals surface area contributed by atoms with Gasteiger partial charge in [-0.1, -0.05) is 6.07 Å². The Balaban J connectivity index is 1.76. The number of amides is 1. The van der Waals surface area contributed by atoms with Crippen LogP contribution in [0.25, 0.3) is 0 Å². The van der Waals surface area contributed by atoms with E-state index < -0.39 is 17.7 Å². The van der Waals surface area contributed by atoms with E-state index in [0.717, 1.165) is 5.56 Å². The molecule has 1 aromatic heterocycles. The quantitative estimate of drug-likeness (QED) is 0.883. The molecule has 1 aliphatic rings. The fourth-order valence-corrected chi connectivity index (χ4v) is 2.30. The average molecular weight is 334 g/mol. The molecule has 1 amide bonds. The lowest BCUT2D eigenvalue weighted by Gasteiger charge is -2.12. The number of ether oxygens (including phenoxy) is 1. The van der Waals surface area contributed by atoms with E-state index in [9.17, 15) is 18.4 Å². The summed E-state index contributed by atoms with van der Waals surface area (Å²) in [7, 11) is 0. The first-order chi connectivity index (χ1) is 11.3. The van der Waals surface area contributed by atoms with Gasteiger partial charge in [0.2, 0.25) is 5.56 Å². The second-order valence-corrected chi connectivity index (χ2v) is 5.87. The zero-order valence-electron chi connectivity index (χ0n) is 12.9. The van der Waals surface area contributed by atoms with Crippen LogP contribution in [-0.2, 0) is 0 Å². The molecule has 1 aliphatic carbocycles. The first-order valence-corrected chi connectivity index (χ1v) is 7.46. The minimum Gasteiger partial charge on any atom is -0.492 e. The summed E-state index contributed by atoms with van der Waals surface area (Å²) in [5.41, 5.74) is 1.07. The van der Waals surface area contributed by atoms with Gasteiger partial charge in [0.25, 0.3) is 11.8 Å². The molecule has 0 bridgehead atoms. The number of pyridine rings is 1. The van der Waals surface area contributed by atoms with Crippen LogP contribution in [0.15, 0.2) is 41.3 Å². The maximum Gasteiger partial charge on any atom is 0.259 e. The molecular weight excluding hydrogens is 318 g/mol. The van der Waals surface area contributed by atoms with Gasteiger partial charge in [-0.15, -0.1) is 0 Å². The summed E-state index contributed by atoms with van der Waals surface area (Å²) < 4.78 is 31.4. The summed E-state index contributed by atoms with van der Waals surface area (Å²) in [5.74, 6) is -3.70. The van der Waals surface area contributed by atoms with Crippen molar-refractivity contribution in [1.29, 1.82) is 0 Å². The zero-order valence-corrected chi connectivity index (χ0v) is 12.9. The Kier molecular flexibility index (Phi) is 4.09. The number of rotatable bonds is 5. The summed E-state index contributed by atoms with van der Waals surface area (Å²) in [6.45, 7) is 1.68. The molecule has 3 rings (SSSR count). The maximum atomic E-state index is 13.0.